The van der Waals surface area contributed by atoms with Crippen LogP contribution in [0.4, 0.5) is 0 Å². The maximum atomic E-state index is 13.1. The Bertz CT molecular complexity index is 1410. The Hall–Kier alpha value is -3.98. The minimum atomic E-state index is -0.689. The quantitative estimate of drug-likeness (QED) is 0.545. The van der Waals surface area contributed by atoms with Gasteiger partial charge < -0.3 is 0 Å². The van der Waals surface area contributed by atoms with Gasteiger partial charge >= 0.3 is 5.69 Å². The molecule has 0 aliphatic heterocycles. The van der Waals surface area contributed by atoms with E-state index in [1.54, 1.807) is 6.07 Å². The van der Waals surface area contributed by atoms with Gasteiger partial charge in [-0.25, -0.2) is 4.79 Å². The third kappa shape index (κ3) is 3.34. The van der Waals surface area contributed by atoms with Gasteiger partial charge in [0.05, 0.1) is 12.2 Å². The summed E-state index contributed by atoms with van der Waals surface area (Å²) in [5, 5.41) is 15.5. The molecule has 142 valence electrons. The molecule has 0 aliphatic carbocycles. The van der Waals surface area contributed by atoms with Crippen molar-refractivity contribution in [2.45, 2.75) is 20.4 Å². The SMILES string of the molecule is Cc1ccc(-n2nc(C#N)c(=O)n(Cc3ccc4ccccc4c3)c2=O)cc1C. The lowest BCUT2D eigenvalue weighted by Crippen LogP contribution is -2.42. The molecule has 0 atom stereocenters. The van der Waals surface area contributed by atoms with Gasteiger partial charge in [0, 0.05) is 0 Å². The predicted molar refractivity (Wildman–Crippen MR) is 111 cm³/mol. The van der Waals surface area contributed by atoms with Crippen LogP contribution in [0.25, 0.3) is 16.5 Å². The van der Waals surface area contributed by atoms with Crippen molar-refractivity contribution >= 4 is 10.8 Å². The lowest BCUT2D eigenvalue weighted by Gasteiger charge is -2.11. The van der Waals surface area contributed by atoms with Gasteiger partial charge in [-0.15, -0.1) is 5.10 Å². The van der Waals surface area contributed by atoms with Gasteiger partial charge in [0.15, 0.2) is 0 Å². The Morgan fingerprint density at radius 2 is 1.69 bits per heavy atom. The summed E-state index contributed by atoms with van der Waals surface area (Å²) in [6, 6.07) is 20.9. The average Bonchev–Trinajstić information content (AvgIpc) is 2.73. The van der Waals surface area contributed by atoms with Crippen LogP contribution in [0.5, 0.6) is 0 Å². The molecule has 4 rings (SSSR count). The molecule has 1 aromatic heterocycles. The number of nitriles is 1. The summed E-state index contributed by atoms with van der Waals surface area (Å²) in [6.07, 6.45) is 0. The van der Waals surface area contributed by atoms with Gasteiger partial charge in [-0.2, -0.15) is 9.94 Å². The Labute approximate surface area is 166 Å². The fourth-order valence-electron chi connectivity index (χ4n) is 3.27. The van der Waals surface area contributed by atoms with Gasteiger partial charge in [0.2, 0.25) is 5.69 Å². The highest BCUT2D eigenvalue weighted by molar-refractivity contribution is 5.82. The van der Waals surface area contributed by atoms with Crippen molar-refractivity contribution < 1.29 is 0 Å². The first-order valence-corrected chi connectivity index (χ1v) is 9.17. The molecule has 3 aromatic carbocycles. The monoisotopic (exact) mass is 382 g/mol. The summed E-state index contributed by atoms with van der Waals surface area (Å²) in [5.74, 6) is 0. The molecule has 0 bridgehead atoms. The van der Waals surface area contributed by atoms with E-state index in [1.807, 2.05) is 74.5 Å². The van der Waals surface area contributed by atoms with E-state index in [-0.39, 0.29) is 12.2 Å². The Kier molecular flexibility index (Phi) is 4.57. The number of aryl methyl sites for hydroxylation is 2. The van der Waals surface area contributed by atoms with Gasteiger partial charge in [-0.05, 0) is 59.5 Å². The van der Waals surface area contributed by atoms with Crippen LogP contribution in [0.1, 0.15) is 22.4 Å². The van der Waals surface area contributed by atoms with E-state index < -0.39 is 11.2 Å². The molecular formula is C23H18N4O2. The molecule has 0 radical (unpaired) electrons. The second kappa shape index (κ2) is 7.21. The van der Waals surface area contributed by atoms with E-state index in [2.05, 4.69) is 5.10 Å². The molecule has 0 saturated heterocycles. The Morgan fingerprint density at radius 1 is 0.931 bits per heavy atom. The zero-order chi connectivity index (χ0) is 20.5. The summed E-state index contributed by atoms with van der Waals surface area (Å²) in [6.45, 7) is 3.96. The van der Waals surface area contributed by atoms with Crippen molar-refractivity contribution in [2.75, 3.05) is 0 Å². The second-order valence-corrected chi connectivity index (χ2v) is 7.00. The van der Waals surface area contributed by atoms with E-state index in [1.165, 1.54) is 0 Å². The highest BCUT2D eigenvalue weighted by Gasteiger charge is 2.15. The molecular weight excluding hydrogens is 364 g/mol. The molecule has 6 nitrogen and oxygen atoms in total. The number of fused-ring (bicyclic) bond motifs is 1. The fourth-order valence-corrected chi connectivity index (χ4v) is 3.27. The van der Waals surface area contributed by atoms with Gasteiger partial charge in [-0.1, -0.05) is 42.5 Å². The highest BCUT2D eigenvalue weighted by atomic mass is 16.2. The lowest BCUT2D eigenvalue weighted by molar-refractivity contribution is 0.611. The predicted octanol–water partition coefficient (Wildman–Crippen LogP) is 3.08. The number of rotatable bonds is 3. The molecule has 1 heterocycles. The van der Waals surface area contributed by atoms with Gasteiger partial charge in [-0.3, -0.25) is 9.36 Å². The van der Waals surface area contributed by atoms with E-state index in [9.17, 15) is 14.9 Å². The van der Waals surface area contributed by atoms with Crippen molar-refractivity contribution in [3.63, 3.8) is 0 Å². The summed E-state index contributed by atoms with van der Waals surface area (Å²) in [7, 11) is 0. The topological polar surface area (TPSA) is 80.7 Å². The molecule has 0 unspecified atom stereocenters. The molecule has 0 amide bonds. The van der Waals surface area contributed by atoms with Crippen LogP contribution in [0.15, 0.2) is 70.3 Å². The van der Waals surface area contributed by atoms with Crippen LogP contribution < -0.4 is 11.2 Å². The van der Waals surface area contributed by atoms with Crippen molar-refractivity contribution in [1.29, 1.82) is 5.26 Å². The van der Waals surface area contributed by atoms with E-state index in [4.69, 9.17) is 0 Å². The third-order valence-corrected chi connectivity index (χ3v) is 5.06. The number of nitrogens with zero attached hydrogens (tertiary/aromatic N) is 4. The van der Waals surface area contributed by atoms with Crippen LogP contribution >= 0.6 is 0 Å². The molecule has 0 N–H and O–H groups in total. The summed E-state index contributed by atoms with van der Waals surface area (Å²) in [4.78, 5) is 25.7. The van der Waals surface area contributed by atoms with Crippen molar-refractivity contribution in [3.05, 3.63) is 104 Å². The van der Waals surface area contributed by atoms with Crippen molar-refractivity contribution in [1.82, 2.24) is 14.3 Å². The average molecular weight is 382 g/mol. The molecule has 0 fully saturated rings. The number of hydrogen-bond donors (Lipinski definition) is 0. The molecule has 0 spiro atoms. The smallest absolute Gasteiger partial charge is 0.266 e. The first-order valence-electron chi connectivity index (χ1n) is 9.17. The standard InChI is InChI=1S/C23H18N4O2/c1-15-7-10-20(11-16(15)2)27-23(29)26(22(28)21(13-24)25-27)14-17-8-9-18-5-3-4-6-19(18)12-17/h3-12H,14H2,1-2H3. The minimum Gasteiger partial charge on any atom is -0.266 e. The van der Waals surface area contributed by atoms with E-state index in [0.717, 1.165) is 36.7 Å². The highest BCUT2D eigenvalue weighted by Crippen LogP contribution is 2.16. The van der Waals surface area contributed by atoms with Crippen molar-refractivity contribution in [2.24, 2.45) is 0 Å². The van der Waals surface area contributed by atoms with Crippen LogP contribution in [-0.2, 0) is 6.54 Å². The van der Waals surface area contributed by atoms with Crippen LogP contribution in [-0.4, -0.2) is 14.3 Å². The molecule has 6 heteroatoms. The first kappa shape index (κ1) is 18.4. The van der Waals surface area contributed by atoms with Crippen LogP contribution in [0.2, 0.25) is 0 Å². The Morgan fingerprint density at radius 3 is 2.41 bits per heavy atom. The summed E-state index contributed by atoms with van der Waals surface area (Å²) >= 11 is 0. The summed E-state index contributed by atoms with van der Waals surface area (Å²) < 4.78 is 2.18. The number of aromatic nitrogens is 3. The largest absolute Gasteiger partial charge is 0.352 e. The van der Waals surface area contributed by atoms with E-state index in [0.29, 0.717) is 5.69 Å². The number of benzene rings is 3. The fraction of sp³-hybridized carbons (Fsp3) is 0.130. The summed E-state index contributed by atoms with van der Waals surface area (Å²) in [5.41, 5.74) is 1.79. The third-order valence-electron chi connectivity index (χ3n) is 5.06. The first-order chi connectivity index (χ1) is 14.0. The van der Waals surface area contributed by atoms with E-state index >= 15 is 0 Å². The zero-order valence-corrected chi connectivity index (χ0v) is 16.1. The van der Waals surface area contributed by atoms with Crippen molar-refractivity contribution in [3.8, 4) is 11.8 Å². The molecule has 4 aromatic rings. The van der Waals surface area contributed by atoms with Gasteiger partial charge in [0.1, 0.15) is 6.07 Å². The maximum Gasteiger partial charge on any atom is 0.352 e. The minimum absolute atomic E-state index is 0.0601. The van der Waals surface area contributed by atoms with Crippen LogP contribution in [0.3, 0.4) is 0 Å². The zero-order valence-electron chi connectivity index (χ0n) is 16.1. The maximum absolute atomic E-state index is 13.1. The van der Waals surface area contributed by atoms with Crippen LogP contribution in [0, 0.1) is 25.2 Å². The molecule has 0 saturated carbocycles. The second-order valence-electron chi connectivity index (χ2n) is 7.00. The van der Waals surface area contributed by atoms with Gasteiger partial charge in [0.25, 0.3) is 5.56 Å². The molecule has 0 aliphatic rings. The lowest BCUT2D eigenvalue weighted by atomic mass is 10.1. The normalized spacial score (nSPS) is 10.8. The number of hydrogen-bond acceptors (Lipinski definition) is 4. The Balaban J connectivity index is 1.88. The molecule has 29 heavy (non-hydrogen) atoms.